The van der Waals surface area contributed by atoms with E-state index in [2.05, 4.69) is 15.3 Å². The molecule has 0 amide bonds. The quantitative estimate of drug-likeness (QED) is 0.573. The van der Waals surface area contributed by atoms with Crippen molar-refractivity contribution in [1.82, 2.24) is 9.97 Å². The summed E-state index contributed by atoms with van der Waals surface area (Å²) in [7, 11) is 1.64. The van der Waals surface area contributed by atoms with E-state index in [1.807, 2.05) is 6.92 Å². The number of aromatic nitrogens is 2. The van der Waals surface area contributed by atoms with Crippen molar-refractivity contribution in [2.75, 3.05) is 58.6 Å². The summed E-state index contributed by atoms with van der Waals surface area (Å²) in [5, 5.41) is 3.09. The molecule has 0 fully saturated rings. The van der Waals surface area contributed by atoms with Gasteiger partial charge in [0.2, 0.25) is 5.88 Å². The Morgan fingerprint density at radius 3 is 2.40 bits per heavy atom. The topological polar surface area (TPSA) is 74.7 Å². The van der Waals surface area contributed by atoms with Crippen molar-refractivity contribution in [3.8, 4) is 5.88 Å². The van der Waals surface area contributed by atoms with E-state index in [1.165, 1.54) is 6.33 Å². The normalized spacial score (nSPS) is 10.5. The van der Waals surface area contributed by atoms with E-state index < -0.39 is 0 Å². The van der Waals surface area contributed by atoms with Crippen molar-refractivity contribution in [3.05, 3.63) is 12.4 Å². The molecule has 114 valence electrons. The lowest BCUT2D eigenvalue weighted by atomic mass is 10.5. The fourth-order valence-electron chi connectivity index (χ4n) is 1.37. The molecular weight excluding hydrogens is 262 g/mol. The number of nitrogens with one attached hydrogen (secondary N) is 1. The number of anilines is 1. The van der Waals surface area contributed by atoms with E-state index >= 15 is 0 Å². The first-order chi connectivity index (χ1) is 9.86. The molecule has 1 heterocycles. The maximum absolute atomic E-state index is 5.46. The van der Waals surface area contributed by atoms with Gasteiger partial charge >= 0.3 is 0 Å². The number of methoxy groups -OCH3 is 1. The minimum Gasteiger partial charge on any atom is -0.475 e. The van der Waals surface area contributed by atoms with Crippen molar-refractivity contribution in [3.63, 3.8) is 0 Å². The Morgan fingerprint density at radius 1 is 1.00 bits per heavy atom. The van der Waals surface area contributed by atoms with E-state index in [0.717, 1.165) is 12.4 Å². The van der Waals surface area contributed by atoms with Gasteiger partial charge in [-0.15, -0.1) is 0 Å². The number of nitrogens with zero attached hydrogens (tertiary/aromatic N) is 2. The summed E-state index contributed by atoms with van der Waals surface area (Å²) >= 11 is 0. The van der Waals surface area contributed by atoms with Crippen LogP contribution in [0.5, 0.6) is 5.88 Å². The van der Waals surface area contributed by atoms with Gasteiger partial charge in [-0.25, -0.2) is 9.97 Å². The molecule has 0 saturated carbocycles. The zero-order chi connectivity index (χ0) is 14.5. The highest BCUT2D eigenvalue weighted by Gasteiger charge is 1.98. The highest BCUT2D eigenvalue weighted by Crippen LogP contribution is 2.10. The van der Waals surface area contributed by atoms with E-state index in [1.54, 1.807) is 13.2 Å². The molecule has 0 aliphatic carbocycles. The molecule has 1 aromatic heterocycles. The molecule has 20 heavy (non-hydrogen) atoms. The van der Waals surface area contributed by atoms with Crippen LogP contribution >= 0.6 is 0 Å². The van der Waals surface area contributed by atoms with Gasteiger partial charge in [0, 0.05) is 19.7 Å². The summed E-state index contributed by atoms with van der Waals surface area (Å²) in [5.74, 6) is 1.29. The SMILES string of the molecule is CCNc1cc(OCCOCCOCCOC)ncn1. The minimum atomic E-state index is 0.445. The van der Waals surface area contributed by atoms with E-state index in [4.69, 9.17) is 18.9 Å². The molecule has 0 spiro atoms. The van der Waals surface area contributed by atoms with Crippen LogP contribution in [0.25, 0.3) is 0 Å². The molecule has 0 bridgehead atoms. The van der Waals surface area contributed by atoms with Crippen LogP contribution in [0.15, 0.2) is 12.4 Å². The first-order valence-corrected chi connectivity index (χ1v) is 6.70. The van der Waals surface area contributed by atoms with Gasteiger partial charge in [-0.2, -0.15) is 0 Å². The summed E-state index contributed by atoms with van der Waals surface area (Å²) in [4.78, 5) is 8.08. The van der Waals surface area contributed by atoms with Gasteiger partial charge in [-0.05, 0) is 6.92 Å². The summed E-state index contributed by atoms with van der Waals surface area (Å²) in [6.07, 6.45) is 1.47. The molecule has 0 saturated heterocycles. The van der Waals surface area contributed by atoms with Gasteiger partial charge in [0.1, 0.15) is 18.8 Å². The first kappa shape index (κ1) is 16.6. The molecule has 7 heteroatoms. The van der Waals surface area contributed by atoms with Crippen LogP contribution < -0.4 is 10.1 Å². The molecule has 0 atom stereocenters. The van der Waals surface area contributed by atoms with Crippen LogP contribution in [0, 0.1) is 0 Å². The van der Waals surface area contributed by atoms with Crippen LogP contribution in [-0.4, -0.2) is 63.3 Å². The van der Waals surface area contributed by atoms with E-state index in [0.29, 0.717) is 45.5 Å². The Kier molecular flexibility index (Phi) is 9.46. The lowest BCUT2D eigenvalue weighted by Gasteiger charge is -2.08. The lowest BCUT2D eigenvalue weighted by Crippen LogP contribution is -2.12. The largest absolute Gasteiger partial charge is 0.475 e. The highest BCUT2D eigenvalue weighted by molar-refractivity contribution is 5.36. The molecule has 0 unspecified atom stereocenters. The van der Waals surface area contributed by atoms with Gasteiger partial charge in [-0.1, -0.05) is 0 Å². The predicted octanol–water partition coefficient (Wildman–Crippen LogP) is 0.967. The molecule has 0 radical (unpaired) electrons. The molecule has 0 aliphatic rings. The number of hydrogen-bond acceptors (Lipinski definition) is 7. The Bertz CT molecular complexity index is 352. The van der Waals surface area contributed by atoms with Gasteiger partial charge in [0.15, 0.2) is 0 Å². The highest BCUT2D eigenvalue weighted by atomic mass is 16.6. The van der Waals surface area contributed by atoms with Crippen molar-refractivity contribution >= 4 is 5.82 Å². The third-order valence-electron chi connectivity index (χ3n) is 2.28. The summed E-state index contributed by atoms with van der Waals surface area (Å²) in [6, 6.07) is 1.76. The molecule has 1 aromatic rings. The Balaban J connectivity index is 2.02. The second-order valence-electron chi connectivity index (χ2n) is 3.84. The number of ether oxygens (including phenoxy) is 4. The summed E-state index contributed by atoms with van der Waals surface area (Å²) < 4.78 is 20.9. The maximum atomic E-state index is 5.46. The molecule has 0 aromatic carbocycles. The Morgan fingerprint density at radius 2 is 1.70 bits per heavy atom. The van der Waals surface area contributed by atoms with Crippen LogP contribution in [0.2, 0.25) is 0 Å². The molecule has 1 rings (SSSR count). The molecular formula is C13H23N3O4. The Hall–Kier alpha value is -1.44. The van der Waals surface area contributed by atoms with Crippen LogP contribution in [0.1, 0.15) is 6.92 Å². The third-order valence-corrected chi connectivity index (χ3v) is 2.28. The average Bonchev–Trinajstić information content (AvgIpc) is 2.46. The zero-order valence-electron chi connectivity index (χ0n) is 12.1. The maximum Gasteiger partial charge on any atom is 0.218 e. The fourth-order valence-corrected chi connectivity index (χ4v) is 1.37. The molecule has 0 aliphatic heterocycles. The average molecular weight is 285 g/mol. The van der Waals surface area contributed by atoms with E-state index in [9.17, 15) is 0 Å². The van der Waals surface area contributed by atoms with Crippen molar-refractivity contribution in [1.29, 1.82) is 0 Å². The standard InChI is InChI=1S/C13H23N3O4/c1-3-14-12-10-13(16-11-15-12)20-9-8-19-7-6-18-5-4-17-2/h10-11H,3-9H2,1-2H3,(H,14,15,16). The number of rotatable bonds is 12. The van der Waals surface area contributed by atoms with Crippen LogP contribution in [0.3, 0.4) is 0 Å². The smallest absolute Gasteiger partial charge is 0.218 e. The van der Waals surface area contributed by atoms with Gasteiger partial charge in [0.25, 0.3) is 0 Å². The van der Waals surface area contributed by atoms with Gasteiger partial charge < -0.3 is 24.3 Å². The van der Waals surface area contributed by atoms with Crippen molar-refractivity contribution in [2.24, 2.45) is 0 Å². The second-order valence-corrected chi connectivity index (χ2v) is 3.84. The van der Waals surface area contributed by atoms with Crippen molar-refractivity contribution < 1.29 is 18.9 Å². The van der Waals surface area contributed by atoms with Crippen LogP contribution in [-0.2, 0) is 14.2 Å². The first-order valence-electron chi connectivity index (χ1n) is 6.70. The predicted molar refractivity (Wildman–Crippen MR) is 75.2 cm³/mol. The monoisotopic (exact) mass is 285 g/mol. The third kappa shape index (κ3) is 7.88. The minimum absolute atomic E-state index is 0.445. The molecule has 7 nitrogen and oxygen atoms in total. The van der Waals surface area contributed by atoms with Gasteiger partial charge in [0.05, 0.1) is 33.0 Å². The Labute approximate surface area is 119 Å². The lowest BCUT2D eigenvalue weighted by molar-refractivity contribution is 0.0176. The second kappa shape index (κ2) is 11.4. The zero-order valence-corrected chi connectivity index (χ0v) is 12.1. The van der Waals surface area contributed by atoms with Crippen LogP contribution in [0.4, 0.5) is 5.82 Å². The summed E-state index contributed by atoms with van der Waals surface area (Å²) in [5.41, 5.74) is 0. The van der Waals surface area contributed by atoms with Gasteiger partial charge in [-0.3, -0.25) is 0 Å². The van der Waals surface area contributed by atoms with Crippen molar-refractivity contribution in [2.45, 2.75) is 6.92 Å². The summed E-state index contributed by atoms with van der Waals surface area (Å²) in [6.45, 7) is 6.04. The number of hydrogen-bond donors (Lipinski definition) is 1. The van der Waals surface area contributed by atoms with E-state index in [-0.39, 0.29) is 0 Å². The molecule has 1 N–H and O–H groups in total. The fraction of sp³-hybridized carbons (Fsp3) is 0.692.